The van der Waals surface area contributed by atoms with Gasteiger partial charge in [-0.2, -0.15) is 0 Å². The molecule has 9 heteroatoms. The molecule has 0 bridgehead atoms. The molecule has 1 rings (SSSR count). The van der Waals surface area contributed by atoms with Gasteiger partial charge in [-0.3, -0.25) is 0 Å². The predicted molar refractivity (Wildman–Crippen MR) is 61.2 cm³/mol. The van der Waals surface area contributed by atoms with Crippen molar-refractivity contribution < 1.29 is 26.7 Å². The number of halogens is 7. The largest absolute Gasteiger partial charge is 0.573 e. The summed E-state index contributed by atoms with van der Waals surface area (Å²) in [6.07, 6.45) is -7.89. The van der Waals surface area contributed by atoms with Crippen LogP contribution in [0.3, 0.4) is 0 Å². The second-order valence-corrected chi connectivity index (χ2v) is 4.46. The fourth-order valence-electron chi connectivity index (χ4n) is 1.07. The Labute approximate surface area is 115 Å². The monoisotopic (exact) mass is 431 g/mol. The molecule has 0 radical (unpaired) electrons. The highest BCUT2D eigenvalue weighted by Gasteiger charge is 2.33. The lowest BCUT2D eigenvalue weighted by atomic mass is 10.2. The van der Waals surface area contributed by atoms with Crippen molar-refractivity contribution in [2.75, 3.05) is 0 Å². The maximum Gasteiger partial charge on any atom is 0.573 e. The SMILES string of the molecule is FC(F)c1nc(I)cc(OC(F)(F)F)c1CBr. The zero-order valence-corrected chi connectivity index (χ0v) is 11.6. The van der Waals surface area contributed by atoms with Gasteiger partial charge in [0.05, 0.1) is 0 Å². The lowest BCUT2D eigenvalue weighted by Gasteiger charge is -2.15. The van der Waals surface area contributed by atoms with Crippen molar-refractivity contribution in [1.82, 2.24) is 4.98 Å². The quantitative estimate of drug-likeness (QED) is 0.306. The van der Waals surface area contributed by atoms with Gasteiger partial charge in [0.1, 0.15) is 15.1 Å². The fourth-order valence-corrected chi connectivity index (χ4v) is 2.17. The molecule has 0 spiro atoms. The molecule has 0 unspecified atom stereocenters. The molecular weight excluding hydrogens is 428 g/mol. The summed E-state index contributed by atoms with van der Waals surface area (Å²) in [5, 5.41) is -0.206. The number of ether oxygens (including phenoxy) is 1. The van der Waals surface area contributed by atoms with Crippen molar-refractivity contribution in [1.29, 1.82) is 0 Å². The molecule has 0 saturated carbocycles. The number of pyridine rings is 1. The first-order chi connectivity index (χ1) is 7.74. The van der Waals surface area contributed by atoms with Crippen LogP contribution in [0.4, 0.5) is 22.0 Å². The Morgan fingerprint density at radius 2 is 2.00 bits per heavy atom. The maximum absolute atomic E-state index is 12.6. The van der Waals surface area contributed by atoms with Crippen LogP contribution in [0.1, 0.15) is 17.7 Å². The molecular formula is C8H4BrF5INO. The first kappa shape index (κ1) is 14.9. The highest BCUT2D eigenvalue weighted by Crippen LogP contribution is 2.34. The van der Waals surface area contributed by atoms with E-state index in [0.29, 0.717) is 0 Å². The van der Waals surface area contributed by atoms with Crippen LogP contribution in [-0.4, -0.2) is 11.3 Å². The van der Waals surface area contributed by atoms with Crippen molar-refractivity contribution in [2.45, 2.75) is 18.1 Å². The van der Waals surface area contributed by atoms with Crippen molar-refractivity contribution >= 4 is 38.5 Å². The van der Waals surface area contributed by atoms with Gasteiger partial charge in [-0.05, 0) is 22.6 Å². The van der Waals surface area contributed by atoms with Gasteiger partial charge in [0.25, 0.3) is 6.43 Å². The van der Waals surface area contributed by atoms with Gasteiger partial charge < -0.3 is 4.74 Å². The maximum atomic E-state index is 12.6. The third-order valence-electron chi connectivity index (χ3n) is 1.65. The fraction of sp³-hybridized carbons (Fsp3) is 0.375. The average Bonchev–Trinajstić information content (AvgIpc) is 2.14. The zero-order valence-electron chi connectivity index (χ0n) is 7.86. The molecule has 0 aliphatic heterocycles. The van der Waals surface area contributed by atoms with E-state index in [9.17, 15) is 22.0 Å². The topological polar surface area (TPSA) is 22.1 Å². The van der Waals surface area contributed by atoms with Crippen molar-refractivity contribution in [3.8, 4) is 5.75 Å². The molecule has 2 nitrogen and oxygen atoms in total. The molecule has 17 heavy (non-hydrogen) atoms. The Balaban J connectivity index is 3.28. The van der Waals surface area contributed by atoms with E-state index in [4.69, 9.17) is 0 Å². The van der Waals surface area contributed by atoms with Crippen LogP contribution in [0.5, 0.6) is 5.75 Å². The van der Waals surface area contributed by atoms with Crippen LogP contribution >= 0.6 is 38.5 Å². The van der Waals surface area contributed by atoms with Crippen LogP contribution in [0, 0.1) is 3.70 Å². The summed E-state index contributed by atoms with van der Waals surface area (Å²) in [5.74, 6) is -0.663. The second-order valence-electron chi connectivity index (χ2n) is 2.79. The van der Waals surface area contributed by atoms with E-state index in [-0.39, 0.29) is 14.6 Å². The van der Waals surface area contributed by atoms with Gasteiger partial charge in [0, 0.05) is 17.0 Å². The molecule has 0 aliphatic rings. The lowest BCUT2D eigenvalue weighted by molar-refractivity contribution is -0.275. The van der Waals surface area contributed by atoms with E-state index in [0.717, 1.165) is 6.07 Å². The van der Waals surface area contributed by atoms with Crippen molar-refractivity contribution in [3.63, 3.8) is 0 Å². The Morgan fingerprint density at radius 1 is 1.41 bits per heavy atom. The van der Waals surface area contributed by atoms with E-state index >= 15 is 0 Å². The van der Waals surface area contributed by atoms with Crippen molar-refractivity contribution in [3.05, 3.63) is 21.0 Å². The summed E-state index contributed by atoms with van der Waals surface area (Å²) < 4.78 is 65.1. The summed E-state index contributed by atoms with van der Waals surface area (Å²) in [6.45, 7) is 0. The third-order valence-corrected chi connectivity index (χ3v) is 2.76. The van der Waals surface area contributed by atoms with E-state index in [2.05, 4.69) is 25.7 Å². The highest BCUT2D eigenvalue weighted by molar-refractivity contribution is 14.1. The minimum atomic E-state index is -4.93. The summed E-state index contributed by atoms with van der Waals surface area (Å²) in [7, 11) is 0. The minimum absolute atomic E-state index is 0.00171. The van der Waals surface area contributed by atoms with Crippen LogP contribution in [0.15, 0.2) is 6.07 Å². The minimum Gasteiger partial charge on any atom is -0.405 e. The van der Waals surface area contributed by atoms with Crippen LogP contribution < -0.4 is 4.74 Å². The van der Waals surface area contributed by atoms with Gasteiger partial charge in [0.15, 0.2) is 0 Å². The second kappa shape index (κ2) is 5.63. The van der Waals surface area contributed by atoms with E-state index in [1.54, 1.807) is 22.6 Å². The molecule has 0 amide bonds. The molecule has 1 heterocycles. The smallest absolute Gasteiger partial charge is 0.405 e. The van der Waals surface area contributed by atoms with Gasteiger partial charge in [-0.25, -0.2) is 13.8 Å². The Morgan fingerprint density at radius 3 is 2.41 bits per heavy atom. The van der Waals surface area contributed by atoms with Gasteiger partial charge in [-0.15, -0.1) is 13.2 Å². The normalized spacial score (nSPS) is 12.0. The average molecular weight is 432 g/mol. The summed E-state index contributed by atoms with van der Waals surface area (Å²) in [5.41, 5.74) is -1.02. The van der Waals surface area contributed by atoms with Gasteiger partial charge in [-0.1, -0.05) is 15.9 Å². The molecule has 0 fully saturated rings. The number of hydrogen-bond acceptors (Lipinski definition) is 2. The van der Waals surface area contributed by atoms with Crippen LogP contribution in [-0.2, 0) is 5.33 Å². The first-order valence-corrected chi connectivity index (χ1v) is 6.23. The van der Waals surface area contributed by atoms with Gasteiger partial charge in [0.2, 0.25) is 0 Å². The number of rotatable bonds is 3. The molecule has 0 aromatic carbocycles. The summed E-state index contributed by atoms with van der Waals surface area (Å²) >= 11 is 4.38. The lowest BCUT2D eigenvalue weighted by Crippen LogP contribution is -2.19. The van der Waals surface area contributed by atoms with E-state index in [1.165, 1.54) is 0 Å². The Bertz CT molecular complexity index is 412. The predicted octanol–water partition coefficient (Wildman–Crippen LogP) is 4.42. The Hall–Kier alpha value is -0.190. The molecule has 1 aromatic rings. The van der Waals surface area contributed by atoms with Crippen LogP contribution in [0.25, 0.3) is 0 Å². The molecule has 0 aliphatic carbocycles. The first-order valence-electron chi connectivity index (χ1n) is 4.03. The number of alkyl halides is 6. The zero-order chi connectivity index (χ0) is 13.2. The number of nitrogens with zero attached hydrogens (tertiary/aromatic N) is 1. The van der Waals surface area contributed by atoms with Crippen LogP contribution in [0.2, 0.25) is 0 Å². The van der Waals surface area contributed by atoms with E-state index < -0.39 is 24.2 Å². The Kier molecular flexibility index (Phi) is 4.93. The molecule has 1 aromatic heterocycles. The standard InChI is InChI=1S/C8H4BrF5INO/c9-2-3-4(17-8(12,13)14)1-5(15)16-6(3)7(10)11/h1,7H,2H2. The molecule has 0 saturated heterocycles. The highest BCUT2D eigenvalue weighted by atomic mass is 127. The molecule has 0 N–H and O–H groups in total. The summed E-state index contributed by atoms with van der Waals surface area (Å²) in [6, 6.07) is 0.955. The summed E-state index contributed by atoms with van der Waals surface area (Å²) in [4.78, 5) is 3.49. The van der Waals surface area contributed by atoms with E-state index in [1.807, 2.05) is 0 Å². The molecule has 0 atom stereocenters. The van der Waals surface area contributed by atoms with Crippen molar-refractivity contribution in [2.24, 2.45) is 0 Å². The molecule has 96 valence electrons. The number of hydrogen-bond donors (Lipinski definition) is 0. The number of aromatic nitrogens is 1. The third kappa shape index (κ3) is 4.19. The van der Waals surface area contributed by atoms with Gasteiger partial charge >= 0.3 is 6.36 Å².